The van der Waals surface area contributed by atoms with E-state index in [9.17, 15) is 0 Å². The average Bonchev–Trinajstić information content (AvgIpc) is 4.04. The van der Waals surface area contributed by atoms with Crippen LogP contribution >= 0.6 is 0 Å². The minimum Gasteiger partial charge on any atom is -0.317 e. The Morgan fingerprint density at radius 3 is 1.29 bits per heavy atom. The van der Waals surface area contributed by atoms with Crippen molar-refractivity contribution < 1.29 is 0 Å². The molecule has 0 unspecified atom stereocenters. The number of benzene rings is 10. The summed E-state index contributed by atoms with van der Waals surface area (Å²) in [6.07, 6.45) is 2.23. The summed E-state index contributed by atoms with van der Waals surface area (Å²) in [5, 5.41) is 1.22. The Morgan fingerprint density at radius 2 is 0.723 bits per heavy atom. The highest BCUT2D eigenvalue weighted by Crippen LogP contribution is 2.63. The first-order chi connectivity index (χ1) is 32.2. The third kappa shape index (κ3) is 5.81. The molecule has 0 N–H and O–H groups in total. The molecule has 0 radical (unpaired) electrons. The molecule has 0 aliphatic heterocycles. The molecule has 1 heterocycles. The molecule has 0 amide bonds. The lowest BCUT2D eigenvalue weighted by molar-refractivity contribution is 0.792. The van der Waals surface area contributed by atoms with Crippen molar-refractivity contribution in [3.05, 3.63) is 277 Å². The van der Waals surface area contributed by atoms with Gasteiger partial charge in [-0.2, -0.15) is 0 Å². The molecule has 1 spiro atoms. The summed E-state index contributed by atoms with van der Waals surface area (Å²) in [7, 11) is 0. The van der Waals surface area contributed by atoms with Crippen molar-refractivity contribution in [2.45, 2.75) is 5.41 Å². The van der Waals surface area contributed by atoms with Gasteiger partial charge in [0.1, 0.15) is 0 Å². The van der Waals surface area contributed by atoms with Gasteiger partial charge in [-0.15, -0.1) is 0 Å². The number of anilines is 3. The second kappa shape index (κ2) is 14.8. The zero-order chi connectivity index (χ0) is 42.9. The molecule has 304 valence electrons. The second-order valence-electron chi connectivity index (χ2n) is 17.3. The molecule has 13 rings (SSSR count). The van der Waals surface area contributed by atoms with Gasteiger partial charge in [-0.05, 0) is 145 Å². The van der Waals surface area contributed by atoms with Gasteiger partial charge in [0.25, 0.3) is 0 Å². The number of nitrogens with zero attached hydrogens (tertiary/aromatic N) is 2. The Balaban J connectivity index is 1.00. The molecular formula is C63H42N2. The summed E-state index contributed by atoms with van der Waals surface area (Å²) < 4.78 is 2.36. The normalized spacial score (nSPS) is 12.7. The van der Waals surface area contributed by atoms with Gasteiger partial charge >= 0.3 is 0 Å². The van der Waals surface area contributed by atoms with Crippen molar-refractivity contribution in [2.24, 2.45) is 0 Å². The number of fused-ring (bicyclic) bond motifs is 11. The molecule has 2 nitrogen and oxygen atoms in total. The van der Waals surface area contributed by atoms with Gasteiger partial charge in [-0.25, -0.2) is 0 Å². The Bertz CT molecular complexity index is 3440. The van der Waals surface area contributed by atoms with Gasteiger partial charge in [-0.1, -0.05) is 182 Å². The van der Waals surface area contributed by atoms with Crippen molar-refractivity contribution in [3.8, 4) is 61.3 Å². The van der Waals surface area contributed by atoms with Crippen molar-refractivity contribution in [1.29, 1.82) is 0 Å². The molecule has 11 aromatic rings. The summed E-state index contributed by atoms with van der Waals surface area (Å²) >= 11 is 0. The largest absolute Gasteiger partial charge is 0.317 e. The SMILES string of the molecule is c1ccc(-c2ccc(N(c3ccc(-c4ccccc4)cc3)c3ccc4c(c3)C3(c5ccccc5-c5ccccc53)c3cc(-n5ccc6cc(-c7ccccc7)ccc65)ccc3-4)cc2)cc1. The lowest BCUT2D eigenvalue weighted by Gasteiger charge is -2.32. The van der Waals surface area contributed by atoms with Gasteiger partial charge in [0.15, 0.2) is 0 Å². The smallest absolute Gasteiger partial charge is 0.0727 e. The van der Waals surface area contributed by atoms with Gasteiger partial charge in [-0.3, -0.25) is 0 Å². The van der Waals surface area contributed by atoms with Crippen molar-refractivity contribution in [1.82, 2.24) is 4.57 Å². The monoisotopic (exact) mass is 826 g/mol. The molecule has 2 heteroatoms. The van der Waals surface area contributed by atoms with Crippen LogP contribution in [0.4, 0.5) is 17.1 Å². The van der Waals surface area contributed by atoms with Gasteiger partial charge < -0.3 is 9.47 Å². The van der Waals surface area contributed by atoms with E-state index in [2.05, 4.69) is 264 Å². The Labute approximate surface area is 379 Å². The van der Waals surface area contributed by atoms with Crippen LogP contribution in [0.3, 0.4) is 0 Å². The van der Waals surface area contributed by atoms with E-state index in [1.54, 1.807) is 0 Å². The van der Waals surface area contributed by atoms with Crippen LogP contribution < -0.4 is 4.90 Å². The summed E-state index contributed by atoms with van der Waals surface area (Å²) in [5.41, 5.74) is 22.8. The minimum atomic E-state index is -0.534. The summed E-state index contributed by atoms with van der Waals surface area (Å²) in [6.45, 7) is 0. The standard InChI is InChI=1S/C63H42N2/c1-4-14-43(15-5-1)46-24-29-50(30-25-46)65(51-31-26-47(27-32-51)44-16-6-2-7-17-44)53-34-36-57-56-35-33-52(64-39-38-49-40-48(28-37-62(49)64)45-18-8-3-9-19-45)41-60(56)63(61(57)42-53)58-22-12-10-20-54(58)55-21-11-13-23-59(55)63/h1-42H. The fourth-order valence-electron chi connectivity index (χ4n) is 10.9. The summed E-state index contributed by atoms with van der Waals surface area (Å²) in [6, 6.07) is 91.6. The van der Waals surface area contributed by atoms with Crippen molar-refractivity contribution in [3.63, 3.8) is 0 Å². The van der Waals surface area contributed by atoms with Gasteiger partial charge in [0.2, 0.25) is 0 Å². The maximum absolute atomic E-state index is 2.49. The van der Waals surface area contributed by atoms with E-state index in [-0.39, 0.29) is 0 Å². The zero-order valence-electron chi connectivity index (χ0n) is 35.6. The van der Waals surface area contributed by atoms with Gasteiger partial charge in [0.05, 0.1) is 10.9 Å². The van der Waals surface area contributed by atoms with Crippen LogP contribution in [0.2, 0.25) is 0 Å². The minimum absolute atomic E-state index is 0.534. The Morgan fingerprint density at radius 1 is 0.292 bits per heavy atom. The lowest BCUT2D eigenvalue weighted by atomic mass is 9.70. The van der Waals surface area contributed by atoms with Gasteiger partial charge in [0, 0.05) is 34.3 Å². The highest BCUT2D eigenvalue weighted by atomic mass is 15.1. The first kappa shape index (κ1) is 37.1. The molecular weight excluding hydrogens is 785 g/mol. The second-order valence-corrected chi connectivity index (χ2v) is 17.3. The van der Waals surface area contributed by atoms with Crippen LogP contribution in [0.25, 0.3) is 72.2 Å². The molecule has 10 aromatic carbocycles. The van der Waals surface area contributed by atoms with Crippen molar-refractivity contribution in [2.75, 3.05) is 4.90 Å². The van der Waals surface area contributed by atoms with Crippen molar-refractivity contribution >= 4 is 28.0 Å². The number of hydrogen-bond donors (Lipinski definition) is 0. The number of aromatic nitrogens is 1. The molecule has 2 aliphatic carbocycles. The van der Waals surface area contributed by atoms with E-state index < -0.39 is 5.41 Å². The fourth-order valence-corrected chi connectivity index (χ4v) is 10.9. The third-order valence-electron chi connectivity index (χ3n) is 13.9. The Hall–Kier alpha value is -8.46. The lowest BCUT2D eigenvalue weighted by Crippen LogP contribution is -2.26. The molecule has 0 saturated heterocycles. The fraction of sp³-hybridized carbons (Fsp3) is 0.0159. The van der Waals surface area contributed by atoms with Crippen LogP contribution in [0, 0.1) is 0 Å². The van der Waals surface area contributed by atoms with Crippen LogP contribution in [-0.2, 0) is 5.41 Å². The summed E-state index contributed by atoms with van der Waals surface area (Å²) in [4.78, 5) is 2.42. The molecule has 0 bridgehead atoms. The van der Waals surface area contributed by atoms with Crippen LogP contribution in [0.15, 0.2) is 255 Å². The molecule has 2 aliphatic rings. The predicted octanol–water partition coefficient (Wildman–Crippen LogP) is 16.4. The van der Waals surface area contributed by atoms with E-state index in [0.717, 1.165) is 22.7 Å². The van der Waals surface area contributed by atoms with Crippen LogP contribution in [0.5, 0.6) is 0 Å². The molecule has 0 fully saturated rings. The first-order valence-corrected chi connectivity index (χ1v) is 22.5. The van der Waals surface area contributed by atoms with E-state index in [4.69, 9.17) is 0 Å². The molecule has 0 saturated carbocycles. The van der Waals surface area contributed by atoms with Crippen LogP contribution in [0.1, 0.15) is 22.3 Å². The molecule has 65 heavy (non-hydrogen) atoms. The predicted molar refractivity (Wildman–Crippen MR) is 271 cm³/mol. The quantitative estimate of drug-likeness (QED) is 0.155. The molecule has 0 atom stereocenters. The first-order valence-electron chi connectivity index (χ1n) is 22.5. The van der Waals surface area contributed by atoms with Crippen LogP contribution in [-0.4, -0.2) is 4.57 Å². The van der Waals surface area contributed by atoms with E-state index in [0.29, 0.717) is 0 Å². The molecule has 1 aromatic heterocycles. The zero-order valence-corrected chi connectivity index (χ0v) is 35.6. The number of hydrogen-bond acceptors (Lipinski definition) is 1. The third-order valence-corrected chi connectivity index (χ3v) is 13.9. The van der Waals surface area contributed by atoms with E-state index in [1.807, 2.05) is 0 Å². The maximum Gasteiger partial charge on any atom is 0.0727 e. The highest BCUT2D eigenvalue weighted by Gasteiger charge is 2.52. The highest BCUT2D eigenvalue weighted by molar-refractivity contribution is 5.97. The maximum atomic E-state index is 2.49. The van der Waals surface area contributed by atoms with E-state index >= 15 is 0 Å². The van der Waals surface area contributed by atoms with E-state index in [1.165, 1.54) is 88.8 Å². The average molecular weight is 827 g/mol. The Kier molecular flexibility index (Phi) is 8.47. The topological polar surface area (TPSA) is 8.17 Å². The summed E-state index contributed by atoms with van der Waals surface area (Å²) in [5.74, 6) is 0. The number of rotatable bonds is 7.